The summed E-state index contributed by atoms with van der Waals surface area (Å²) in [6.07, 6.45) is 1.64. The quantitative estimate of drug-likeness (QED) is 0.838. The molecule has 0 atom stereocenters. The third kappa shape index (κ3) is 2.54. The van der Waals surface area contributed by atoms with Crippen LogP contribution in [-0.4, -0.2) is 63.8 Å². The Morgan fingerprint density at radius 3 is 2.76 bits per heavy atom. The van der Waals surface area contributed by atoms with Crippen LogP contribution in [0.15, 0.2) is 23.7 Å². The van der Waals surface area contributed by atoms with Crippen molar-refractivity contribution < 1.29 is 9.59 Å². The maximum atomic E-state index is 12.1. The van der Waals surface area contributed by atoms with Gasteiger partial charge in [0.15, 0.2) is 5.69 Å². The van der Waals surface area contributed by atoms with Crippen molar-refractivity contribution >= 4 is 23.2 Å². The van der Waals surface area contributed by atoms with Crippen LogP contribution in [0.1, 0.15) is 26.2 Å². The summed E-state index contributed by atoms with van der Waals surface area (Å²) < 4.78 is 1.66. The lowest BCUT2D eigenvalue weighted by molar-refractivity contribution is 0.0503. The molecule has 0 spiro atoms. The van der Waals surface area contributed by atoms with Crippen LogP contribution in [0.2, 0.25) is 0 Å². The molecule has 0 radical (unpaired) electrons. The van der Waals surface area contributed by atoms with Gasteiger partial charge in [-0.3, -0.25) is 9.59 Å². The molecule has 0 aliphatic carbocycles. The summed E-state index contributed by atoms with van der Waals surface area (Å²) in [5.41, 5.74) is 0.322. The molecule has 110 valence electrons. The molecule has 21 heavy (non-hydrogen) atoms. The first-order valence-electron chi connectivity index (χ1n) is 6.52. The molecule has 0 saturated carbocycles. The lowest BCUT2D eigenvalue weighted by Gasteiger charge is -2.38. The van der Waals surface area contributed by atoms with Gasteiger partial charge in [-0.15, -0.1) is 16.4 Å². The van der Waals surface area contributed by atoms with Gasteiger partial charge in [-0.05, 0) is 11.4 Å². The smallest absolute Gasteiger partial charge is 0.275 e. The molecule has 3 heterocycles. The van der Waals surface area contributed by atoms with Gasteiger partial charge in [0.1, 0.15) is 0 Å². The molecule has 1 fully saturated rings. The fraction of sp³-hybridized carbons (Fsp3) is 0.385. The first kappa shape index (κ1) is 13.7. The fourth-order valence-electron chi connectivity index (χ4n) is 2.13. The van der Waals surface area contributed by atoms with E-state index in [4.69, 9.17) is 0 Å². The first-order valence-corrected chi connectivity index (χ1v) is 7.40. The van der Waals surface area contributed by atoms with E-state index in [0.717, 1.165) is 4.88 Å². The highest BCUT2D eigenvalue weighted by molar-refractivity contribution is 7.12. The van der Waals surface area contributed by atoms with Gasteiger partial charge in [0.2, 0.25) is 0 Å². The molecule has 0 bridgehead atoms. The van der Waals surface area contributed by atoms with Crippen LogP contribution in [0.25, 0.3) is 0 Å². The number of likely N-dealkylation sites (tertiary alicyclic amines) is 1. The second kappa shape index (κ2) is 5.28. The summed E-state index contributed by atoms with van der Waals surface area (Å²) in [6, 6.07) is 3.78. The van der Waals surface area contributed by atoms with Crippen LogP contribution in [0.4, 0.5) is 0 Å². The predicted molar refractivity (Wildman–Crippen MR) is 77.3 cm³/mol. The summed E-state index contributed by atoms with van der Waals surface area (Å²) in [4.78, 5) is 27.8. The zero-order valence-corrected chi connectivity index (χ0v) is 12.6. The Bertz CT molecular complexity index is 658. The highest BCUT2D eigenvalue weighted by atomic mass is 32.1. The zero-order valence-electron chi connectivity index (χ0n) is 11.8. The summed E-state index contributed by atoms with van der Waals surface area (Å²) in [6.45, 7) is 1.19. The number of carbonyl (C=O) groups is 2. The molecule has 1 aliphatic heterocycles. The number of carbonyl (C=O) groups excluding carboxylic acids is 2. The molecule has 2 amide bonds. The predicted octanol–water partition coefficient (Wildman–Crippen LogP) is 0.738. The van der Waals surface area contributed by atoms with Crippen molar-refractivity contribution in [3.05, 3.63) is 34.3 Å². The number of hydrogen-bond acceptors (Lipinski definition) is 5. The Morgan fingerprint density at radius 2 is 2.14 bits per heavy atom. The van der Waals surface area contributed by atoms with E-state index in [1.54, 1.807) is 29.9 Å². The normalized spacial score (nSPS) is 14.9. The minimum Gasteiger partial charge on any atom is -0.343 e. The number of rotatable bonds is 3. The maximum Gasteiger partial charge on any atom is 0.275 e. The maximum absolute atomic E-state index is 12.1. The summed E-state index contributed by atoms with van der Waals surface area (Å²) >= 11 is 1.44. The minimum atomic E-state index is -0.174. The highest BCUT2D eigenvalue weighted by Gasteiger charge is 2.34. The zero-order chi connectivity index (χ0) is 15.0. The standard InChI is InChI=1S/C13H15N5O2S/c1-16(2)12(19)10-8-18(15-14-10)9-6-17(7-9)13(20)11-4-3-5-21-11/h3-5,8-9H,6-7H2,1-2H3. The van der Waals surface area contributed by atoms with Crippen molar-refractivity contribution in [2.24, 2.45) is 0 Å². The van der Waals surface area contributed by atoms with Gasteiger partial charge in [0.25, 0.3) is 11.8 Å². The summed E-state index contributed by atoms with van der Waals surface area (Å²) in [5.74, 6) is -0.127. The van der Waals surface area contributed by atoms with Crippen LogP contribution in [0, 0.1) is 0 Å². The van der Waals surface area contributed by atoms with E-state index < -0.39 is 0 Å². The largest absolute Gasteiger partial charge is 0.343 e. The SMILES string of the molecule is CN(C)C(=O)c1cn(C2CN(C(=O)c3cccs3)C2)nn1. The molecular weight excluding hydrogens is 290 g/mol. The summed E-state index contributed by atoms with van der Waals surface area (Å²) in [5, 5.41) is 9.75. The Balaban J connectivity index is 1.62. The third-order valence-corrected chi connectivity index (χ3v) is 4.25. The van der Waals surface area contributed by atoms with Crippen molar-refractivity contribution in [1.82, 2.24) is 24.8 Å². The van der Waals surface area contributed by atoms with Crippen molar-refractivity contribution in [2.75, 3.05) is 27.2 Å². The third-order valence-electron chi connectivity index (χ3n) is 3.39. The van der Waals surface area contributed by atoms with Gasteiger partial charge in [0.05, 0.1) is 17.1 Å². The van der Waals surface area contributed by atoms with E-state index >= 15 is 0 Å². The van der Waals surface area contributed by atoms with Crippen LogP contribution in [-0.2, 0) is 0 Å². The van der Waals surface area contributed by atoms with Gasteiger partial charge in [-0.2, -0.15) is 0 Å². The first-order chi connectivity index (χ1) is 10.1. The van der Waals surface area contributed by atoms with E-state index in [1.165, 1.54) is 16.2 Å². The van der Waals surface area contributed by atoms with E-state index in [2.05, 4.69) is 10.3 Å². The van der Waals surface area contributed by atoms with Crippen LogP contribution >= 0.6 is 11.3 Å². The van der Waals surface area contributed by atoms with Gasteiger partial charge in [-0.25, -0.2) is 4.68 Å². The molecule has 2 aromatic rings. The molecule has 1 saturated heterocycles. The lowest BCUT2D eigenvalue weighted by Crippen LogP contribution is -2.50. The van der Waals surface area contributed by atoms with Gasteiger partial charge in [-0.1, -0.05) is 11.3 Å². The van der Waals surface area contributed by atoms with Crippen LogP contribution in [0.5, 0.6) is 0 Å². The Kier molecular flexibility index (Phi) is 3.46. The van der Waals surface area contributed by atoms with Gasteiger partial charge in [0, 0.05) is 27.2 Å². The lowest BCUT2D eigenvalue weighted by atomic mass is 10.1. The summed E-state index contributed by atoms with van der Waals surface area (Å²) in [7, 11) is 3.35. The van der Waals surface area contributed by atoms with Crippen LogP contribution in [0.3, 0.4) is 0 Å². The monoisotopic (exact) mass is 305 g/mol. The van der Waals surface area contributed by atoms with Gasteiger partial charge >= 0.3 is 0 Å². The van der Waals surface area contributed by atoms with E-state index in [1.807, 2.05) is 17.5 Å². The molecule has 8 heteroatoms. The molecule has 3 rings (SSSR count). The topological polar surface area (TPSA) is 71.3 Å². The van der Waals surface area contributed by atoms with Crippen molar-refractivity contribution in [3.63, 3.8) is 0 Å². The number of aromatic nitrogens is 3. The van der Waals surface area contributed by atoms with Crippen molar-refractivity contribution in [3.8, 4) is 0 Å². The molecule has 2 aromatic heterocycles. The molecule has 0 unspecified atom stereocenters. The Morgan fingerprint density at radius 1 is 1.38 bits per heavy atom. The van der Waals surface area contributed by atoms with Crippen molar-refractivity contribution in [1.29, 1.82) is 0 Å². The average Bonchev–Trinajstić information content (AvgIpc) is 3.07. The Labute approximate surface area is 125 Å². The molecule has 0 aromatic carbocycles. The van der Waals surface area contributed by atoms with Gasteiger partial charge < -0.3 is 9.80 Å². The molecule has 0 N–H and O–H groups in total. The number of thiophene rings is 1. The average molecular weight is 305 g/mol. The minimum absolute atomic E-state index is 0.0472. The molecule has 7 nitrogen and oxygen atoms in total. The van der Waals surface area contributed by atoms with E-state index in [0.29, 0.717) is 18.8 Å². The molecule has 1 aliphatic rings. The number of amides is 2. The second-order valence-electron chi connectivity index (χ2n) is 5.12. The van der Waals surface area contributed by atoms with E-state index in [-0.39, 0.29) is 17.9 Å². The number of hydrogen-bond donors (Lipinski definition) is 0. The molecular formula is C13H15N5O2S. The fourth-order valence-corrected chi connectivity index (χ4v) is 2.82. The number of nitrogens with zero attached hydrogens (tertiary/aromatic N) is 5. The highest BCUT2D eigenvalue weighted by Crippen LogP contribution is 2.24. The van der Waals surface area contributed by atoms with Crippen molar-refractivity contribution in [2.45, 2.75) is 6.04 Å². The van der Waals surface area contributed by atoms with Crippen LogP contribution < -0.4 is 0 Å². The Hall–Kier alpha value is -2.22. The van der Waals surface area contributed by atoms with E-state index in [9.17, 15) is 9.59 Å². The second-order valence-corrected chi connectivity index (χ2v) is 6.07.